The second-order valence-electron chi connectivity index (χ2n) is 7.53. The maximum atomic E-state index is 12.0. The Labute approximate surface area is 122 Å². The summed E-state index contributed by atoms with van der Waals surface area (Å²) in [6, 6.07) is 0. The minimum Gasteiger partial charge on any atom is -0.444 e. The van der Waals surface area contributed by atoms with Crippen LogP contribution in [0.1, 0.15) is 59.8 Å². The van der Waals surface area contributed by atoms with Crippen LogP contribution >= 0.6 is 0 Å². The fourth-order valence-electron chi connectivity index (χ4n) is 2.61. The zero-order chi connectivity index (χ0) is 14.8. The molecule has 2 aliphatic rings. The molecule has 0 unspecified atom stereocenters. The van der Waals surface area contributed by atoms with Gasteiger partial charge in [0.1, 0.15) is 5.60 Å². The maximum Gasteiger partial charge on any atom is 0.410 e. The van der Waals surface area contributed by atoms with E-state index in [1.807, 2.05) is 20.8 Å². The van der Waals surface area contributed by atoms with Crippen molar-refractivity contribution in [1.82, 2.24) is 4.90 Å². The lowest BCUT2D eigenvalue weighted by atomic mass is 9.85. The molecule has 1 aliphatic heterocycles. The summed E-state index contributed by atoms with van der Waals surface area (Å²) in [5, 5.41) is 0. The number of ether oxygens (including phenoxy) is 2. The van der Waals surface area contributed by atoms with Crippen LogP contribution in [-0.2, 0) is 9.47 Å². The van der Waals surface area contributed by atoms with E-state index in [1.165, 1.54) is 19.3 Å². The van der Waals surface area contributed by atoms with E-state index in [0.29, 0.717) is 0 Å². The van der Waals surface area contributed by atoms with Gasteiger partial charge in [-0.1, -0.05) is 6.42 Å². The highest BCUT2D eigenvalue weighted by Gasteiger charge is 2.35. The number of rotatable bonds is 3. The molecular formula is C16H29NO3. The predicted octanol–water partition coefficient (Wildman–Crippen LogP) is 3.59. The highest BCUT2D eigenvalue weighted by molar-refractivity contribution is 5.68. The van der Waals surface area contributed by atoms with Crippen LogP contribution in [0.25, 0.3) is 0 Å². The molecule has 0 spiro atoms. The van der Waals surface area contributed by atoms with Crippen molar-refractivity contribution in [3.8, 4) is 0 Å². The van der Waals surface area contributed by atoms with Crippen LogP contribution in [-0.4, -0.2) is 41.9 Å². The third-order valence-corrected chi connectivity index (χ3v) is 4.37. The Hall–Kier alpha value is -0.770. The topological polar surface area (TPSA) is 38.8 Å². The van der Waals surface area contributed by atoms with Gasteiger partial charge in [0.25, 0.3) is 0 Å². The Balaban J connectivity index is 1.74. The van der Waals surface area contributed by atoms with Crippen molar-refractivity contribution in [3.63, 3.8) is 0 Å². The van der Waals surface area contributed by atoms with Crippen LogP contribution in [0, 0.1) is 5.92 Å². The third-order valence-electron chi connectivity index (χ3n) is 4.37. The normalized spacial score (nSPS) is 23.3. The lowest BCUT2D eigenvalue weighted by Gasteiger charge is -2.41. The maximum absolute atomic E-state index is 12.0. The van der Waals surface area contributed by atoms with Crippen LogP contribution < -0.4 is 0 Å². The van der Waals surface area contributed by atoms with Gasteiger partial charge in [0, 0.05) is 13.1 Å². The summed E-state index contributed by atoms with van der Waals surface area (Å²) in [6.07, 6.45) is 5.61. The lowest BCUT2D eigenvalue weighted by Crippen LogP contribution is -2.48. The average Bonchev–Trinajstić information content (AvgIpc) is 2.25. The molecule has 20 heavy (non-hydrogen) atoms. The molecule has 1 saturated carbocycles. The van der Waals surface area contributed by atoms with E-state index in [2.05, 4.69) is 6.92 Å². The number of hydrogen-bond donors (Lipinski definition) is 0. The number of carbonyl (C=O) groups excluding carboxylic acids is 1. The zero-order valence-electron chi connectivity index (χ0n) is 13.4. The molecule has 0 aromatic rings. The molecule has 1 saturated heterocycles. The highest BCUT2D eigenvalue weighted by Crippen LogP contribution is 2.31. The Kier molecular flexibility index (Phi) is 4.62. The van der Waals surface area contributed by atoms with E-state index in [0.717, 1.165) is 38.5 Å². The minimum atomic E-state index is -0.418. The van der Waals surface area contributed by atoms with Crippen molar-refractivity contribution >= 4 is 6.09 Å². The largest absolute Gasteiger partial charge is 0.444 e. The Morgan fingerprint density at radius 1 is 1.25 bits per heavy atom. The van der Waals surface area contributed by atoms with Gasteiger partial charge in [0.2, 0.25) is 0 Å². The van der Waals surface area contributed by atoms with Gasteiger partial charge in [-0.25, -0.2) is 4.79 Å². The molecular weight excluding hydrogens is 254 g/mol. The summed E-state index contributed by atoms with van der Waals surface area (Å²) in [6.45, 7) is 10.2. The van der Waals surface area contributed by atoms with Crippen molar-refractivity contribution in [2.75, 3.05) is 19.7 Å². The third kappa shape index (κ3) is 4.37. The highest BCUT2D eigenvalue weighted by atomic mass is 16.6. The molecule has 4 heteroatoms. The smallest absolute Gasteiger partial charge is 0.410 e. The SMILES string of the molecule is CC(C)(C)OC(=O)N1CCC(C)(OCC2CCC2)CC1. The Morgan fingerprint density at radius 2 is 1.85 bits per heavy atom. The van der Waals surface area contributed by atoms with Gasteiger partial charge in [0.05, 0.1) is 12.2 Å². The average molecular weight is 283 g/mol. The molecule has 1 amide bonds. The van der Waals surface area contributed by atoms with Crippen molar-refractivity contribution in [1.29, 1.82) is 0 Å². The molecule has 1 aliphatic carbocycles. The zero-order valence-corrected chi connectivity index (χ0v) is 13.4. The number of nitrogens with zero attached hydrogens (tertiary/aromatic N) is 1. The Bertz CT molecular complexity index is 336. The molecule has 0 N–H and O–H groups in total. The fraction of sp³-hybridized carbons (Fsp3) is 0.938. The van der Waals surface area contributed by atoms with Crippen molar-refractivity contribution < 1.29 is 14.3 Å². The fourth-order valence-corrected chi connectivity index (χ4v) is 2.61. The number of hydrogen-bond acceptors (Lipinski definition) is 3. The first-order chi connectivity index (χ1) is 9.27. The van der Waals surface area contributed by atoms with E-state index >= 15 is 0 Å². The number of likely N-dealkylation sites (tertiary alicyclic amines) is 1. The van der Waals surface area contributed by atoms with Crippen LogP contribution in [0.15, 0.2) is 0 Å². The summed E-state index contributed by atoms with van der Waals surface area (Å²) in [7, 11) is 0. The first-order valence-corrected chi connectivity index (χ1v) is 7.89. The first-order valence-electron chi connectivity index (χ1n) is 7.89. The molecule has 2 rings (SSSR count). The van der Waals surface area contributed by atoms with Gasteiger partial charge >= 0.3 is 6.09 Å². The summed E-state index contributed by atoms with van der Waals surface area (Å²) < 4.78 is 11.5. The van der Waals surface area contributed by atoms with Crippen LogP contribution in [0.5, 0.6) is 0 Å². The van der Waals surface area contributed by atoms with E-state index in [-0.39, 0.29) is 11.7 Å². The second-order valence-corrected chi connectivity index (χ2v) is 7.53. The summed E-state index contributed by atoms with van der Waals surface area (Å²) in [4.78, 5) is 13.8. The first kappa shape index (κ1) is 15.6. The van der Waals surface area contributed by atoms with Gasteiger partial charge in [0.15, 0.2) is 0 Å². The molecule has 0 aromatic carbocycles. The van der Waals surface area contributed by atoms with Gasteiger partial charge in [-0.05, 0) is 59.3 Å². The van der Waals surface area contributed by atoms with Crippen molar-refractivity contribution in [2.45, 2.75) is 71.0 Å². The second kappa shape index (κ2) is 5.92. The van der Waals surface area contributed by atoms with Gasteiger partial charge in [-0.15, -0.1) is 0 Å². The van der Waals surface area contributed by atoms with Crippen LogP contribution in [0.4, 0.5) is 4.79 Å². The monoisotopic (exact) mass is 283 g/mol. The summed E-state index contributed by atoms with van der Waals surface area (Å²) in [5.41, 5.74) is -0.480. The van der Waals surface area contributed by atoms with E-state index < -0.39 is 5.60 Å². The van der Waals surface area contributed by atoms with Gasteiger partial charge in [-0.3, -0.25) is 0 Å². The van der Waals surface area contributed by atoms with E-state index in [1.54, 1.807) is 4.90 Å². The lowest BCUT2D eigenvalue weighted by molar-refractivity contribution is -0.0911. The van der Waals surface area contributed by atoms with Gasteiger partial charge < -0.3 is 14.4 Å². The molecule has 0 aromatic heterocycles. The van der Waals surface area contributed by atoms with Crippen LogP contribution in [0.3, 0.4) is 0 Å². The standard InChI is InChI=1S/C16H29NO3/c1-15(2,3)20-14(18)17-10-8-16(4,9-11-17)19-12-13-6-5-7-13/h13H,5-12H2,1-4H3. The minimum absolute atomic E-state index is 0.0614. The number of piperidine rings is 1. The van der Waals surface area contributed by atoms with Crippen molar-refractivity contribution in [2.24, 2.45) is 5.92 Å². The molecule has 116 valence electrons. The molecule has 0 atom stereocenters. The molecule has 0 bridgehead atoms. The summed E-state index contributed by atoms with van der Waals surface area (Å²) in [5.74, 6) is 0.774. The number of amides is 1. The predicted molar refractivity (Wildman–Crippen MR) is 78.7 cm³/mol. The molecule has 4 nitrogen and oxygen atoms in total. The van der Waals surface area contributed by atoms with E-state index in [9.17, 15) is 4.79 Å². The van der Waals surface area contributed by atoms with Crippen molar-refractivity contribution in [3.05, 3.63) is 0 Å². The van der Waals surface area contributed by atoms with Gasteiger partial charge in [-0.2, -0.15) is 0 Å². The Morgan fingerprint density at radius 3 is 2.30 bits per heavy atom. The molecule has 2 fully saturated rings. The number of carbonyl (C=O) groups is 1. The quantitative estimate of drug-likeness (QED) is 0.794. The van der Waals surface area contributed by atoms with Crippen LogP contribution in [0.2, 0.25) is 0 Å². The van der Waals surface area contributed by atoms with E-state index in [4.69, 9.17) is 9.47 Å². The molecule has 0 radical (unpaired) electrons. The molecule has 1 heterocycles. The summed E-state index contributed by atoms with van der Waals surface area (Å²) >= 11 is 0.